The molecule has 14 heavy (non-hydrogen) atoms. The molecule has 0 aliphatic heterocycles. The van der Waals surface area contributed by atoms with Crippen molar-refractivity contribution in [2.75, 3.05) is 6.61 Å². The maximum Gasteiger partial charge on any atom is 0.339 e. The Morgan fingerprint density at radius 2 is 2.50 bits per heavy atom. The Balaban J connectivity index is 2.57. The maximum absolute atomic E-state index is 11.2. The predicted molar refractivity (Wildman–Crippen MR) is 50.4 cm³/mol. The predicted octanol–water partition coefficient (Wildman–Crippen LogP) is 1.07. The molecule has 1 heterocycles. The van der Waals surface area contributed by atoms with Crippen LogP contribution in [-0.4, -0.2) is 22.7 Å². The highest BCUT2D eigenvalue weighted by molar-refractivity contribution is 5.76. The lowest BCUT2D eigenvalue weighted by atomic mass is 10.2. The van der Waals surface area contributed by atoms with Crippen LogP contribution in [0.3, 0.4) is 0 Å². The molecule has 1 atom stereocenters. The van der Waals surface area contributed by atoms with Gasteiger partial charge in [0.25, 0.3) is 0 Å². The number of pyridine rings is 1. The fourth-order valence-corrected chi connectivity index (χ4v) is 0.955. The van der Waals surface area contributed by atoms with Crippen LogP contribution in [0.15, 0.2) is 24.5 Å². The molecule has 0 saturated heterocycles. The number of ether oxygens (including phenoxy) is 1. The molecule has 76 valence electrons. The van der Waals surface area contributed by atoms with Crippen molar-refractivity contribution in [3.8, 4) is 0 Å². The molecule has 4 nitrogen and oxygen atoms in total. The van der Waals surface area contributed by atoms with Crippen LogP contribution in [0.1, 0.15) is 25.0 Å². The Kier molecular flexibility index (Phi) is 4.07. The summed E-state index contributed by atoms with van der Waals surface area (Å²) in [6, 6.07) is 3.29. The summed E-state index contributed by atoms with van der Waals surface area (Å²) in [5.74, 6) is -0.625. The molecule has 0 aromatic carbocycles. The zero-order valence-corrected chi connectivity index (χ0v) is 8.01. The Morgan fingerprint density at radius 3 is 3.07 bits per heavy atom. The number of nitrogens with zero attached hydrogens (tertiary/aromatic N) is 1. The minimum atomic E-state index is -1.23. The first kappa shape index (κ1) is 10.7. The molecule has 1 aromatic rings. The van der Waals surface area contributed by atoms with Gasteiger partial charge in [0.1, 0.15) is 0 Å². The minimum Gasteiger partial charge on any atom is -0.464 e. The van der Waals surface area contributed by atoms with Gasteiger partial charge >= 0.3 is 5.97 Å². The molecular formula is C10H13NO3. The van der Waals surface area contributed by atoms with E-state index in [1.54, 1.807) is 18.3 Å². The number of esters is 1. The third-order valence-corrected chi connectivity index (χ3v) is 1.67. The summed E-state index contributed by atoms with van der Waals surface area (Å²) in [6.07, 6.45) is 2.53. The number of hydrogen-bond acceptors (Lipinski definition) is 4. The van der Waals surface area contributed by atoms with E-state index in [-0.39, 0.29) is 0 Å². The first-order valence-corrected chi connectivity index (χ1v) is 4.50. The van der Waals surface area contributed by atoms with Crippen molar-refractivity contribution in [2.45, 2.75) is 19.4 Å². The van der Waals surface area contributed by atoms with Crippen LogP contribution in [0.4, 0.5) is 0 Å². The standard InChI is InChI=1S/C10H13NO3/c1-2-6-14-10(13)9(12)8-4-3-5-11-7-8/h3-5,7,9,12H,2,6H2,1H3. The summed E-state index contributed by atoms with van der Waals surface area (Å²) in [5, 5.41) is 9.50. The van der Waals surface area contributed by atoms with Gasteiger partial charge in [-0.05, 0) is 12.5 Å². The number of carbonyl (C=O) groups excluding carboxylic acids is 1. The van der Waals surface area contributed by atoms with E-state index in [1.165, 1.54) is 6.20 Å². The maximum atomic E-state index is 11.2. The number of hydrogen-bond donors (Lipinski definition) is 1. The van der Waals surface area contributed by atoms with Gasteiger partial charge < -0.3 is 9.84 Å². The lowest BCUT2D eigenvalue weighted by molar-refractivity contribution is -0.153. The smallest absolute Gasteiger partial charge is 0.339 e. The topological polar surface area (TPSA) is 59.4 Å². The molecule has 4 heteroatoms. The van der Waals surface area contributed by atoms with Crippen LogP contribution in [-0.2, 0) is 9.53 Å². The van der Waals surface area contributed by atoms with Gasteiger partial charge in [-0.1, -0.05) is 13.0 Å². The van der Waals surface area contributed by atoms with Crippen LogP contribution in [0.2, 0.25) is 0 Å². The molecule has 0 radical (unpaired) electrons. The number of aromatic nitrogens is 1. The van der Waals surface area contributed by atoms with Crippen LogP contribution in [0.25, 0.3) is 0 Å². The molecule has 0 aliphatic carbocycles. The highest BCUT2D eigenvalue weighted by atomic mass is 16.5. The molecule has 1 N–H and O–H groups in total. The monoisotopic (exact) mass is 195 g/mol. The van der Waals surface area contributed by atoms with E-state index in [0.717, 1.165) is 6.42 Å². The zero-order valence-electron chi connectivity index (χ0n) is 8.01. The summed E-state index contributed by atoms with van der Waals surface area (Å²) in [6.45, 7) is 2.22. The van der Waals surface area contributed by atoms with E-state index in [4.69, 9.17) is 4.74 Å². The fourth-order valence-electron chi connectivity index (χ4n) is 0.955. The van der Waals surface area contributed by atoms with Gasteiger partial charge in [0.05, 0.1) is 6.61 Å². The SMILES string of the molecule is CCCOC(=O)C(O)c1cccnc1. The Labute approximate surface area is 82.5 Å². The van der Waals surface area contributed by atoms with E-state index in [1.807, 2.05) is 6.92 Å². The third kappa shape index (κ3) is 2.81. The van der Waals surface area contributed by atoms with Gasteiger partial charge in [-0.25, -0.2) is 4.79 Å². The summed E-state index contributed by atoms with van der Waals surface area (Å²) in [7, 11) is 0. The first-order valence-electron chi connectivity index (χ1n) is 4.50. The largest absolute Gasteiger partial charge is 0.464 e. The van der Waals surface area contributed by atoms with Crippen molar-refractivity contribution >= 4 is 5.97 Å². The molecule has 1 aromatic heterocycles. The van der Waals surface area contributed by atoms with Gasteiger partial charge in [-0.2, -0.15) is 0 Å². The van der Waals surface area contributed by atoms with Crippen molar-refractivity contribution in [1.82, 2.24) is 4.98 Å². The second-order valence-corrected chi connectivity index (χ2v) is 2.86. The average Bonchev–Trinajstić information content (AvgIpc) is 2.26. The van der Waals surface area contributed by atoms with Gasteiger partial charge in [0, 0.05) is 18.0 Å². The molecular weight excluding hydrogens is 182 g/mol. The minimum absolute atomic E-state index is 0.330. The molecule has 0 fully saturated rings. The molecule has 0 bridgehead atoms. The van der Waals surface area contributed by atoms with Gasteiger partial charge in [0.2, 0.25) is 0 Å². The van der Waals surface area contributed by atoms with Crippen molar-refractivity contribution in [3.05, 3.63) is 30.1 Å². The fraction of sp³-hybridized carbons (Fsp3) is 0.400. The van der Waals surface area contributed by atoms with E-state index >= 15 is 0 Å². The lowest BCUT2D eigenvalue weighted by Gasteiger charge is -2.09. The summed E-state index contributed by atoms with van der Waals surface area (Å²) in [4.78, 5) is 15.0. The van der Waals surface area contributed by atoms with E-state index in [9.17, 15) is 9.90 Å². The van der Waals surface area contributed by atoms with Crippen molar-refractivity contribution < 1.29 is 14.6 Å². The highest BCUT2D eigenvalue weighted by Crippen LogP contribution is 2.12. The molecule has 0 spiro atoms. The number of rotatable bonds is 4. The molecule has 0 saturated carbocycles. The summed E-state index contributed by atoms with van der Waals surface area (Å²) < 4.78 is 4.79. The Bertz CT molecular complexity index is 287. The first-order chi connectivity index (χ1) is 6.75. The van der Waals surface area contributed by atoms with Crippen molar-refractivity contribution in [3.63, 3.8) is 0 Å². The van der Waals surface area contributed by atoms with Crippen LogP contribution < -0.4 is 0 Å². The Hall–Kier alpha value is -1.42. The second kappa shape index (κ2) is 5.34. The van der Waals surface area contributed by atoms with E-state index in [0.29, 0.717) is 12.2 Å². The normalized spacial score (nSPS) is 12.1. The lowest BCUT2D eigenvalue weighted by Crippen LogP contribution is -2.16. The second-order valence-electron chi connectivity index (χ2n) is 2.86. The number of carbonyl (C=O) groups is 1. The van der Waals surface area contributed by atoms with Crippen LogP contribution >= 0.6 is 0 Å². The third-order valence-electron chi connectivity index (χ3n) is 1.67. The molecule has 0 amide bonds. The summed E-state index contributed by atoms with van der Waals surface area (Å²) >= 11 is 0. The van der Waals surface area contributed by atoms with Crippen LogP contribution in [0, 0.1) is 0 Å². The quantitative estimate of drug-likeness (QED) is 0.730. The molecule has 0 aliphatic rings. The Morgan fingerprint density at radius 1 is 1.71 bits per heavy atom. The van der Waals surface area contributed by atoms with E-state index < -0.39 is 12.1 Å². The highest BCUT2D eigenvalue weighted by Gasteiger charge is 2.18. The average molecular weight is 195 g/mol. The number of aliphatic hydroxyl groups excluding tert-OH is 1. The van der Waals surface area contributed by atoms with Crippen LogP contribution in [0.5, 0.6) is 0 Å². The van der Waals surface area contributed by atoms with Gasteiger partial charge in [0.15, 0.2) is 6.10 Å². The number of aliphatic hydroxyl groups is 1. The summed E-state index contributed by atoms with van der Waals surface area (Å²) in [5.41, 5.74) is 0.452. The molecule has 1 unspecified atom stereocenters. The van der Waals surface area contributed by atoms with Crippen molar-refractivity contribution in [1.29, 1.82) is 0 Å². The zero-order chi connectivity index (χ0) is 10.4. The molecule has 1 rings (SSSR count). The van der Waals surface area contributed by atoms with E-state index in [2.05, 4.69) is 4.98 Å². The van der Waals surface area contributed by atoms with Gasteiger partial charge in [-0.15, -0.1) is 0 Å². The van der Waals surface area contributed by atoms with Crippen molar-refractivity contribution in [2.24, 2.45) is 0 Å². The van der Waals surface area contributed by atoms with Gasteiger partial charge in [-0.3, -0.25) is 4.98 Å².